The lowest BCUT2D eigenvalue weighted by atomic mass is 10.0. The molecule has 0 aliphatic carbocycles. The Balaban J connectivity index is 1.85. The Kier molecular flexibility index (Phi) is 5.14. The molecule has 0 radical (unpaired) electrons. The lowest BCUT2D eigenvalue weighted by Crippen LogP contribution is -2.35. The second-order valence-corrected chi connectivity index (χ2v) is 6.16. The van der Waals surface area contributed by atoms with Gasteiger partial charge in [-0.25, -0.2) is 9.37 Å². The van der Waals surface area contributed by atoms with Gasteiger partial charge in [-0.2, -0.15) is 0 Å². The summed E-state index contributed by atoms with van der Waals surface area (Å²) in [7, 11) is 1.75. The highest BCUT2D eigenvalue weighted by molar-refractivity contribution is 5.81. The van der Waals surface area contributed by atoms with E-state index in [2.05, 4.69) is 4.98 Å². The molecule has 1 aromatic heterocycles. The van der Waals surface area contributed by atoms with Crippen molar-refractivity contribution in [3.63, 3.8) is 0 Å². The van der Waals surface area contributed by atoms with Gasteiger partial charge in [-0.05, 0) is 43.8 Å². The molecule has 0 saturated carbocycles. The van der Waals surface area contributed by atoms with E-state index in [0.29, 0.717) is 29.5 Å². The van der Waals surface area contributed by atoms with E-state index in [1.807, 2.05) is 37.3 Å². The van der Waals surface area contributed by atoms with Gasteiger partial charge in [0.1, 0.15) is 17.6 Å². The van der Waals surface area contributed by atoms with Crippen molar-refractivity contribution < 1.29 is 13.6 Å². The van der Waals surface area contributed by atoms with Crippen molar-refractivity contribution in [3.05, 3.63) is 77.4 Å². The van der Waals surface area contributed by atoms with Gasteiger partial charge in [0.05, 0.1) is 5.69 Å². The normalized spacial score (nSPS) is 12.3. The molecule has 0 aliphatic heterocycles. The predicted octanol–water partition coefficient (Wildman–Crippen LogP) is 3.45. The highest BCUT2D eigenvalue weighted by Gasteiger charge is 2.25. The number of oxazole rings is 1. The number of benzene rings is 2. The number of halogens is 1. The Morgan fingerprint density at radius 3 is 2.62 bits per heavy atom. The molecule has 0 fully saturated rings. The number of aromatic nitrogens is 1. The number of hydrogen-bond donors (Lipinski definition) is 1. The number of carbonyl (C=O) groups excluding carboxylic acids is 1. The molecule has 1 unspecified atom stereocenters. The summed E-state index contributed by atoms with van der Waals surface area (Å²) in [5.74, 6) is 0.222. The van der Waals surface area contributed by atoms with Gasteiger partial charge in [0, 0.05) is 12.1 Å². The van der Waals surface area contributed by atoms with Crippen molar-refractivity contribution in [1.29, 1.82) is 0 Å². The summed E-state index contributed by atoms with van der Waals surface area (Å²) in [6, 6.07) is 14.7. The fourth-order valence-corrected chi connectivity index (χ4v) is 2.92. The van der Waals surface area contributed by atoms with Gasteiger partial charge in [-0.3, -0.25) is 9.69 Å². The smallest absolute Gasteiger partial charge is 0.239 e. The number of amides is 1. The van der Waals surface area contributed by atoms with Crippen molar-refractivity contribution >= 4 is 5.91 Å². The van der Waals surface area contributed by atoms with Crippen LogP contribution in [0.25, 0.3) is 11.5 Å². The number of likely N-dealkylation sites (N-methyl/N-ethyl adjacent to an activating group) is 1. The largest absolute Gasteiger partial charge is 0.441 e. The maximum absolute atomic E-state index is 13.5. The molecule has 3 aromatic rings. The molecular weight excluding hydrogens is 333 g/mol. The third kappa shape index (κ3) is 3.81. The predicted molar refractivity (Wildman–Crippen MR) is 96.5 cm³/mol. The Hall–Kier alpha value is -2.99. The lowest BCUT2D eigenvalue weighted by Gasteiger charge is -2.25. The fourth-order valence-electron chi connectivity index (χ4n) is 2.92. The number of nitrogens with two attached hydrogens (primary N) is 1. The van der Waals surface area contributed by atoms with E-state index in [9.17, 15) is 9.18 Å². The van der Waals surface area contributed by atoms with Crippen LogP contribution < -0.4 is 5.73 Å². The van der Waals surface area contributed by atoms with E-state index in [1.54, 1.807) is 24.1 Å². The van der Waals surface area contributed by atoms with E-state index in [1.165, 1.54) is 12.1 Å². The molecule has 0 aliphatic rings. The number of hydrogen-bond acceptors (Lipinski definition) is 4. The summed E-state index contributed by atoms with van der Waals surface area (Å²) in [4.78, 5) is 18.2. The molecule has 2 aromatic carbocycles. The third-order valence-corrected chi connectivity index (χ3v) is 4.19. The van der Waals surface area contributed by atoms with Crippen LogP contribution >= 0.6 is 0 Å². The first-order valence-corrected chi connectivity index (χ1v) is 8.22. The zero-order valence-corrected chi connectivity index (χ0v) is 14.6. The second kappa shape index (κ2) is 7.49. The average molecular weight is 353 g/mol. The molecule has 6 heteroatoms. The Labute approximate surface area is 151 Å². The molecule has 2 N–H and O–H groups in total. The third-order valence-electron chi connectivity index (χ3n) is 4.19. The molecule has 0 spiro atoms. The summed E-state index contributed by atoms with van der Waals surface area (Å²) < 4.78 is 19.3. The quantitative estimate of drug-likeness (QED) is 0.737. The van der Waals surface area contributed by atoms with E-state index in [4.69, 9.17) is 10.2 Å². The summed E-state index contributed by atoms with van der Waals surface area (Å²) in [5, 5.41) is 0. The molecule has 1 heterocycles. The maximum Gasteiger partial charge on any atom is 0.239 e. The lowest BCUT2D eigenvalue weighted by molar-refractivity contribution is -0.123. The number of aryl methyl sites for hydroxylation is 1. The zero-order chi connectivity index (χ0) is 18.7. The zero-order valence-electron chi connectivity index (χ0n) is 14.6. The summed E-state index contributed by atoms with van der Waals surface area (Å²) in [5.41, 5.74) is 7.64. The first-order valence-electron chi connectivity index (χ1n) is 8.22. The molecule has 5 nitrogen and oxygen atoms in total. The van der Waals surface area contributed by atoms with E-state index in [-0.39, 0.29) is 0 Å². The van der Waals surface area contributed by atoms with Gasteiger partial charge in [0.2, 0.25) is 11.8 Å². The van der Waals surface area contributed by atoms with Crippen LogP contribution in [0, 0.1) is 12.7 Å². The highest BCUT2D eigenvalue weighted by Crippen LogP contribution is 2.25. The topological polar surface area (TPSA) is 72.4 Å². The minimum atomic E-state index is -0.762. The van der Waals surface area contributed by atoms with Crippen LogP contribution in [0.15, 0.2) is 59.0 Å². The van der Waals surface area contributed by atoms with Gasteiger partial charge in [-0.15, -0.1) is 0 Å². The number of carbonyl (C=O) groups is 1. The van der Waals surface area contributed by atoms with Crippen molar-refractivity contribution in [2.24, 2.45) is 5.73 Å². The number of nitrogens with zero attached hydrogens (tertiary/aromatic N) is 2. The first-order chi connectivity index (χ1) is 12.5. The molecule has 26 heavy (non-hydrogen) atoms. The van der Waals surface area contributed by atoms with E-state index in [0.717, 1.165) is 5.56 Å². The van der Waals surface area contributed by atoms with Crippen LogP contribution in [0.1, 0.15) is 23.1 Å². The Bertz CT molecular complexity index is 908. The fraction of sp³-hybridized carbons (Fsp3) is 0.200. The molecule has 0 saturated heterocycles. The van der Waals surface area contributed by atoms with Crippen molar-refractivity contribution in [3.8, 4) is 11.5 Å². The molecular formula is C20H20FN3O2. The second-order valence-electron chi connectivity index (χ2n) is 6.16. The summed E-state index contributed by atoms with van der Waals surface area (Å²) in [6.45, 7) is 2.16. The monoisotopic (exact) mass is 353 g/mol. The van der Waals surface area contributed by atoms with Gasteiger partial charge < -0.3 is 10.2 Å². The van der Waals surface area contributed by atoms with Crippen molar-refractivity contribution in [2.45, 2.75) is 19.5 Å². The standard InChI is InChI=1S/C20H20FN3O2/c1-13-17(23-20(26-13)14-7-4-3-5-8-14)12-24(2)18(19(22)25)15-9-6-10-16(21)11-15/h3-11,18H,12H2,1-2H3,(H2,22,25). The van der Waals surface area contributed by atoms with Crippen molar-refractivity contribution in [2.75, 3.05) is 7.05 Å². The van der Waals surface area contributed by atoms with Crippen LogP contribution in [-0.4, -0.2) is 22.8 Å². The summed E-state index contributed by atoms with van der Waals surface area (Å²) >= 11 is 0. The SMILES string of the molecule is Cc1oc(-c2ccccc2)nc1CN(C)C(C(N)=O)c1cccc(F)c1. The van der Waals surface area contributed by atoms with Gasteiger partial charge >= 0.3 is 0 Å². The number of primary amides is 1. The molecule has 1 atom stereocenters. The van der Waals surface area contributed by atoms with Crippen LogP contribution in [0.5, 0.6) is 0 Å². The maximum atomic E-state index is 13.5. The first kappa shape index (κ1) is 17.8. The summed E-state index contributed by atoms with van der Waals surface area (Å²) in [6.07, 6.45) is 0. The van der Waals surface area contributed by atoms with Crippen LogP contribution in [0.3, 0.4) is 0 Å². The van der Waals surface area contributed by atoms with E-state index >= 15 is 0 Å². The van der Waals surface area contributed by atoms with E-state index < -0.39 is 17.8 Å². The highest BCUT2D eigenvalue weighted by atomic mass is 19.1. The van der Waals surface area contributed by atoms with Crippen LogP contribution in [-0.2, 0) is 11.3 Å². The molecule has 3 rings (SSSR count). The minimum absolute atomic E-state index is 0.340. The van der Waals surface area contributed by atoms with Crippen LogP contribution in [0.2, 0.25) is 0 Å². The van der Waals surface area contributed by atoms with Gasteiger partial charge in [0.25, 0.3) is 0 Å². The van der Waals surface area contributed by atoms with Gasteiger partial charge in [-0.1, -0.05) is 30.3 Å². The number of rotatable bonds is 6. The Morgan fingerprint density at radius 1 is 1.23 bits per heavy atom. The van der Waals surface area contributed by atoms with Crippen LogP contribution in [0.4, 0.5) is 4.39 Å². The molecule has 1 amide bonds. The average Bonchev–Trinajstić information content (AvgIpc) is 2.96. The van der Waals surface area contributed by atoms with Crippen molar-refractivity contribution in [1.82, 2.24) is 9.88 Å². The molecule has 134 valence electrons. The minimum Gasteiger partial charge on any atom is -0.441 e. The Morgan fingerprint density at radius 2 is 1.96 bits per heavy atom. The van der Waals surface area contributed by atoms with Gasteiger partial charge in [0.15, 0.2) is 0 Å². The molecule has 0 bridgehead atoms.